The number of hydrogen-bond acceptors (Lipinski definition) is 7. The summed E-state index contributed by atoms with van der Waals surface area (Å²) in [6.45, 7) is 4.69. The van der Waals surface area contributed by atoms with Gasteiger partial charge in [-0.3, -0.25) is 4.57 Å². The van der Waals surface area contributed by atoms with Crippen LogP contribution in [0.25, 0.3) is 11.5 Å². The van der Waals surface area contributed by atoms with Crippen LogP contribution in [0.15, 0.2) is 29.5 Å². The summed E-state index contributed by atoms with van der Waals surface area (Å²) in [5.74, 6) is 1.14. The molecule has 9 nitrogen and oxygen atoms in total. The van der Waals surface area contributed by atoms with Gasteiger partial charge in [0.05, 0.1) is 0 Å². The summed E-state index contributed by atoms with van der Waals surface area (Å²) in [6, 6.07) is 3.65. The van der Waals surface area contributed by atoms with E-state index in [1.54, 1.807) is 28.6 Å². The number of aryl methyl sites for hydroxylation is 3. The summed E-state index contributed by atoms with van der Waals surface area (Å²) in [4.78, 5) is 28.6. The molecule has 0 fully saturated rings. The molecule has 3 aromatic heterocycles. The summed E-state index contributed by atoms with van der Waals surface area (Å²) >= 11 is 0. The molecule has 0 spiro atoms. The Morgan fingerprint density at radius 1 is 1.21 bits per heavy atom. The van der Waals surface area contributed by atoms with Crippen molar-refractivity contribution >= 4 is 5.95 Å². The maximum absolute atomic E-state index is 11.9. The molecule has 0 saturated heterocycles. The molecule has 3 aromatic rings. The summed E-state index contributed by atoms with van der Waals surface area (Å²) in [5.41, 5.74) is 2.03. The van der Waals surface area contributed by atoms with Crippen LogP contribution in [-0.4, -0.2) is 40.8 Å². The molecule has 9 heteroatoms. The van der Waals surface area contributed by atoms with Crippen LogP contribution in [0.1, 0.15) is 11.4 Å². The molecule has 0 atom stereocenters. The lowest BCUT2D eigenvalue weighted by Gasteiger charge is -2.10. The third-order valence-electron chi connectivity index (χ3n) is 3.56. The lowest BCUT2D eigenvalue weighted by atomic mass is 10.3. The fourth-order valence-corrected chi connectivity index (χ4v) is 2.42. The van der Waals surface area contributed by atoms with Gasteiger partial charge in [-0.05, 0) is 26.0 Å². The van der Waals surface area contributed by atoms with E-state index in [4.69, 9.17) is 0 Å². The van der Waals surface area contributed by atoms with Gasteiger partial charge in [0.1, 0.15) is 12.0 Å². The molecule has 24 heavy (non-hydrogen) atoms. The molecule has 0 amide bonds. The van der Waals surface area contributed by atoms with E-state index < -0.39 is 0 Å². The molecule has 3 heterocycles. The van der Waals surface area contributed by atoms with E-state index in [0.717, 1.165) is 11.4 Å². The molecule has 0 saturated carbocycles. The van der Waals surface area contributed by atoms with E-state index in [1.807, 2.05) is 19.9 Å². The highest BCUT2D eigenvalue weighted by Crippen LogP contribution is 2.13. The predicted molar refractivity (Wildman–Crippen MR) is 88.5 cm³/mol. The first-order valence-electron chi connectivity index (χ1n) is 7.51. The maximum atomic E-state index is 11.9. The topological polar surface area (TPSA) is 103 Å². The standard InChI is InChI=1S/C15H18N8O/c1-10-8-11(2)23(15(24)20-10)7-6-17-14-16-5-4-12(21-14)13-18-9-19-22(13)3/h4-5,8-9H,6-7H2,1-3H3,(H,16,17,21). The Bertz CT molecular complexity index is 914. The molecule has 0 unspecified atom stereocenters. The van der Waals surface area contributed by atoms with Crippen LogP contribution in [0.2, 0.25) is 0 Å². The van der Waals surface area contributed by atoms with Gasteiger partial charge < -0.3 is 5.32 Å². The molecule has 0 aliphatic carbocycles. The first-order valence-corrected chi connectivity index (χ1v) is 7.51. The van der Waals surface area contributed by atoms with Crippen LogP contribution in [0.3, 0.4) is 0 Å². The van der Waals surface area contributed by atoms with Gasteiger partial charge in [0.15, 0.2) is 5.82 Å². The lowest BCUT2D eigenvalue weighted by Crippen LogP contribution is -2.28. The van der Waals surface area contributed by atoms with Crippen molar-refractivity contribution in [3.05, 3.63) is 46.5 Å². The summed E-state index contributed by atoms with van der Waals surface area (Å²) in [6.07, 6.45) is 3.13. The van der Waals surface area contributed by atoms with E-state index >= 15 is 0 Å². The van der Waals surface area contributed by atoms with Crippen molar-refractivity contribution < 1.29 is 0 Å². The zero-order valence-electron chi connectivity index (χ0n) is 13.8. The fraction of sp³-hybridized carbons (Fsp3) is 0.333. The molecule has 0 aromatic carbocycles. The minimum atomic E-state index is -0.247. The largest absolute Gasteiger partial charge is 0.352 e. The Morgan fingerprint density at radius 3 is 2.75 bits per heavy atom. The quantitative estimate of drug-likeness (QED) is 0.730. The third kappa shape index (κ3) is 3.29. The third-order valence-corrected chi connectivity index (χ3v) is 3.56. The number of anilines is 1. The Kier molecular flexibility index (Phi) is 4.32. The second kappa shape index (κ2) is 6.57. The lowest BCUT2D eigenvalue weighted by molar-refractivity contribution is 0.646. The highest BCUT2D eigenvalue weighted by Gasteiger charge is 2.08. The fourth-order valence-electron chi connectivity index (χ4n) is 2.42. The van der Waals surface area contributed by atoms with Crippen molar-refractivity contribution in [2.45, 2.75) is 20.4 Å². The Hall–Kier alpha value is -3.10. The number of aromatic nitrogens is 7. The summed E-state index contributed by atoms with van der Waals surface area (Å²) < 4.78 is 3.26. The molecular weight excluding hydrogens is 308 g/mol. The van der Waals surface area contributed by atoms with Gasteiger partial charge >= 0.3 is 5.69 Å². The Morgan fingerprint density at radius 2 is 2.04 bits per heavy atom. The van der Waals surface area contributed by atoms with Crippen molar-refractivity contribution in [2.24, 2.45) is 7.05 Å². The van der Waals surface area contributed by atoms with E-state index in [2.05, 4.69) is 30.4 Å². The number of rotatable bonds is 5. The first-order chi connectivity index (χ1) is 11.5. The first kappa shape index (κ1) is 15.8. The highest BCUT2D eigenvalue weighted by atomic mass is 16.1. The van der Waals surface area contributed by atoms with Gasteiger partial charge in [-0.25, -0.2) is 24.4 Å². The minimum Gasteiger partial charge on any atom is -0.352 e. The minimum absolute atomic E-state index is 0.247. The monoisotopic (exact) mass is 326 g/mol. The van der Waals surface area contributed by atoms with Gasteiger partial charge in [-0.2, -0.15) is 10.1 Å². The van der Waals surface area contributed by atoms with Crippen LogP contribution in [-0.2, 0) is 13.6 Å². The van der Waals surface area contributed by atoms with Crippen LogP contribution < -0.4 is 11.0 Å². The second-order valence-electron chi connectivity index (χ2n) is 5.37. The molecule has 0 aliphatic rings. The normalized spacial score (nSPS) is 10.8. The second-order valence-corrected chi connectivity index (χ2v) is 5.37. The zero-order valence-corrected chi connectivity index (χ0v) is 13.8. The van der Waals surface area contributed by atoms with Gasteiger partial charge in [-0.15, -0.1) is 0 Å². The Labute approximate surface area is 138 Å². The predicted octanol–water partition coefficient (Wildman–Crippen LogP) is 0.558. The van der Waals surface area contributed by atoms with Crippen molar-refractivity contribution in [1.29, 1.82) is 0 Å². The number of nitrogens with one attached hydrogen (secondary N) is 1. The van der Waals surface area contributed by atoms with E-state index in [1.165, 1.54) is 6.33 Å². The number of hydrogen-bond donors (Lipinski definition) is 1. The molecule has 124 valence electrons. The van der Waals surface area contributed by atoms with Gasteiger partial charge in [0.25, 0.3) is 0 Å². The highest BCUT2D eigenvalue weighted by molar-refractivity contribution is 5.50. The van der Waals surface area contributed by atoms with Crippen LogP contribution in [0.4, 0.5) is 5.95 Å². The van der Waals surface area contributed by atoms with Crippen LogP contribution in [0, 0.1) is 13.8 Å². The van der Waals surface area contributed by atoms with E-state index in [0.29, 0.717) is 30.6 Å². The van der Waals surface area contributed by atoms with Crippen molar-refractivity contribution in [3.63, 3.8) is 0 Å². The molecule has 0 radical (unpaired) electrons. The molecule has 0 bridgehead atoms. The van der Waals surface area contributed by atoms with Crippen LogP contribution in [0.5, 0.6) is 0 Å². The van der Waals surface area contributed by atoms with Gasteiger partial charge in [-0.1, -0.05) is 0 Å². The molecule has 0 aliphatic heterocycles. The van der Waals surface area contributed by atoms with Crippen molar-refractivity contribution in [3.8, 4) is 11.5 Å². The number of nitrogens with zero attached hydrogens (tertiary/aromatic N) is 7. The smallest absolute Gasteiger partial charge is 0.348 e. The van der Waals surface area contributed by atoms with Crippen LogP contribution >= 0.6 is 0 Å². The average molecular weight is 326 g/mol. The summed E-state index contributed by atoms with van der Waals surface area (Å²) in [7, 11) is 1.80. The zero-order chi connectivity index (χ0) is 17.1. The molecular formula is C15H18N8O. The molecule has 3 rings (SSSR count). The van der Waals surface area contributed by atoms with Crippen molar-refractivity contribution in [2.75, 3.05) is 11.9 Å². The van der Waals surface area contributed by atoms with Gasteiger partial charge in [0, 0.05) is 37.7 Å². The van der Waals surface area contributed by atoms with Gasteiger partial charge in [0.2, 0.25) is 5.95 Å². The summed E-state index contributed by atoms with van der Waals surface area (Å²) in [5, 5.41) is 7.15. The van der Waals surface area contributed by atoms with Crippen molar-refractivity contribution in [1.82, 2.24) is 34.3 Å². The van der Waals surface area contributed by atoms with E-state index in [-0.39, 0.29) is 5.69 Å². The average Bonchev–Trinajstić information content (AvgIpc) is 2.96. The SMILES string of the molecule is Cc1cc(C)n(CCNc2nccc(-c3ncnn3C)n2)c(=O)n1. The Balaban J connectivity index is 1.70. The van der Waals surface area contributed by atoms with E-state index in [9.17, 15) is 4.79 Å². The maximum Gasteiger partial charge on any atom is 0.348 e. The molecule has 1 N–H and O–H groups in total.